The van der Waals surface area contributed by atoms with Crippen molar-refractivity contribution in [2.45, 2.75) is 25.4 Å². The van der Waals surface area contributed by atoms with Gasteiger partial charge in [-0.15, -0.1) is 0 Å². The van der Waals surface area contributed by atoms with Gasteiger partial charge in [-0.25, -0.2) is 0 Å². The summed E-state index contributed by atoms with van der Waals surface area (Å²) in [4.78, 5) is 28.5. The van der Waals surface area contributed by atoms with Crippen molar-refractivity contribution in [3.8, 4) is 6.01 Å². The molecule has 5 rings (SSSR count). The van der Waals surface area contributed by atoms with Crippen LogP contribution in [0.4, 0.5) is 11.5 Å². The summed E-state index contributed by atoms with van der Waals surface area (Å²) in [5.74, 6) is 0.895. The number of anilines is 2. The second-order valence-corrected chi connectivity index (χ2v) is 9.85. The molecule has 1 atom stereocenters. The number of hydrogen-bond donors (Lipinski definition) is 0. The molecular formula is C28H32ClN5O3. The first-order valence-electron chi connectivity index (χ1n) is 12.5. The highest BCUT2D eigenvalue weighted by molar-refractivity contribution is 6.36. The van der Waals surface area contributed by atoms with Crippen molar-refractivity contribution in [1.29, 1.82) is 0 Å². The van der Waals surface area contributed by atoms with Crippen LogP contribution >= 0.6 is 11.6 Å². The zero-order valence-electron chi connectivity index (χ0n) is 21.5. The number of aromatic nitrogens is 2. The molecule has 1 unspecified atom stereocenters. The lowest BCUT2D eigenvalue weighted by Gasteiger charge is -2.34. The zero-order valence-corrected chi connectivity index (χ0v) is 22.2. The smallest absolute Gasteiger partial charge is 0.318 e. The molecule has 0 saturated carbocycles. The predicted molar refractivity (Wildman–Crippen MR) is 147 cm³/mol. The first-order chi connectivity index (χ1) is 18.0. The molecule has 0 spiro atoms. The van der Waals surface area contributed by atoms with Gasteiger partial charge in [-0.2, -0.15) is 9.97 Å². The van der Waals surface area contributed by atoms with Crippen LogP contribution in [0.15, 0.2) is 48.6 Å². The van der Waals surface area contributed by atoms with E-state index in [1.54, 1.807) is 26.4 Å². The van der Waals surface area contributed by atoms with Crippen molar-refractivity contribution in [3.05, 3.63) is 64.8 Å². The van der Waals surface area contributed by atoms with Crippen LogP contribution in [0.3, 0.4) is 0 Å². The number of fused-ring (bicyclic) bond motifs is 2. The van der Waals surface area contributed by atoms with E-state index in [1.165, 1.54) is 0 Å². The Morgan fingerprint density at radius 2 is 2.00 bits per heavy atom. The van der Waals surface area contributed by atoms with E-state index in [1.807, 2.05) is 17.0 Å². The molecule has 2 aliphatic heterocycles. The summed E-state index contributed by atoms with van der Waals surface area (Å²) >= 11 is 6.62. The van der Waals surface area contributed by atoms with Crippen molar-refractivity contribution in [1.82, 2.24) is 14.9 Å². The van der Waals surface area contributed by atoms with E-state index in [0.717, 1.165) is 57.9 Å². The highest BCUT2D eigenvalue weighted by Gasteiger charge is 2.32. The Bertz CT molecular complexity index is 1330. The molecule has 0 aliphatic carbocycles. The first kappa shape index (κ1) is 25.3. The summed E-state index contributed by atoms with van der Waals surface area (Å²) in [6.45, 7) is 3.25. The monoisotopic (exact) mass is 521 g/mol. The molecule has 3 aromatic rings. The number of rotatable bonds is 7. The van der Waals surface area contributed by atoms with Crippen LogP contribution in [-0.4, -0.2) is 74.3 Å². The van der Waals surface area contributed by atoms with Gasteiger partial charge in [0.1, 0.15) is 5.82 Å². The average Bonchev–Trinajstić information content (AvgIpc) is 3.42. The Morgan fingerprint density at radius 3 is 2.78 bits per heavy atom. The number of nitrogens with zero attached hydrogens (tertiary/aromatic N) is 5. The molecule has 0 bridgehead atoms. The highest BCUT2D eigenvalue weighted by atomic mass is 35.5. The fourth-order valence-corrected chi connectivity index (χ4v) is 5.58. The maximum absolute atomic E-state index is 12.6. The Kier molecular flexibility index (Phi) is 7.48. The summed E-state index contributed by atoms with van der Waals surface area (Å²) in [6.07, 6.45) is 5.02. The van der Waals surface area contributed by atoms with Gasteiger partial charge in [0.2, 0.25) is 5.91 Å². The van der Waals surface area contributed by atoms with Gasteiger partial charge >= 0.3 is 6.01 Å². The molecule has 194 valence electrons. The Labute approximate surface area is 222 Å². The van der Waals surface area contributed by atoms with E-state index in [4.69, 9.17) is 31.0 Å². The average molecular weight is 522 g/mol. The van der Waals surface area contributed by atoms with Gasteiger partial charge in [-0.05, 0) is 30.4 Å². The quantitative estimate of drug-likeness (QED) is 0.434. The summed E-state index contributed by atoms with van der Waals surface area (Å²) in [5, 5.41) is 2.93. The fourth-order valence-electron chi connectivity index (χ4n) is 5.30. The molecule has 0 radical (unpaired) electrons. The van der Waals surface area contributed by atoms with Crippen molar-refractivity contribution in [2.24, 2.45) is 0 Å². The van der Waals surface area contributed by atoms with Gasteiger partial charge in [-0.3, -0.25) is 4.79 Å². The van der Waals surface area contributed by atoms with Crippen molar-refractivity contribution in [3.63, 3.8) is 0 Å². The lowest BCUT2D eigenvalue weighted by molar-refractivity contribution is -0.125. The molecule has 9 heteroatoms. The van der Waals surface area contributed by atoms with Crippen molar-refractivity contribution in [2.75, 3.05) is 57.3 Å². The maximum Gasteiger partial charge on any atom is 0.318 e. The highest BCUT2D eigenvalue weighted by Crippen LogP contribution is 2.37. The summed E-state index contributed by atoms with van der Waals surface area (Å²) in [6, 6.07) is 12.8. The van der Waals surface area contributed by atoms with Crippen molar-refractivity contribution >= 4 is 39.8 Å². The van der Waals surface area contributed by atoms with Crippen LogP contribution in [0, 0.1) is 0 Å². The number of carbonyl (C=O) groups is 1. The van der Waals surface area contributed by atoms with E-state index in [2.05, 4.69) is 41.1 Å². The minimum Gasteiger partial charge on any atom is -0.467 e. The molecule has 0 N–H and O–H groups in total. The number of methoxy groups -OCH3 is 2. The second-order valence-electron chi connectivity index (χ2n) is 9.44. The third-order valence-electron chi connectivity index (χ3n) is 7.26. The number of likely N-dealkylation sites (tertiary alicyclic amines) is 1. The summed E-state index contributed by atoms with van der Waals surface area (Å²) in [5.41, 5.74) is 3.20. The maximum atomic E-state index is 12.6. The Morgan fingerprint density at radius 1 is 1.19 bits per heavy atom. The number of likely N-dealkylation sites (N-methyl/N-ethyl adjacent to an activating group) is 1. The molecule has 1 saturated heterocycles. The van der Waals surface area contributed by atoms with Crippen LogP contribution in [0.1, 0.15) is 17.7 Å². The Hall–Kier alpha value is -3.36. The number of amides is 1. The summed E-state index contributed by atoms with van der Waals surface area (Å²) in [7, 11) is 5.26. The minimum atomic E-state index is 0.0136. The molecule has 3 heterocycles. The largest absolute Gasteiger partial charge is 0.467 e. The van der Waals surface area contributed by atoms with Crippen LogP contribution in [0.25, 0.3) is 10.8 Å². The van der Waals surface area contributed by atoms with Gasteiger partial charge in [0.15, 0.2) is 0 Å². The zero-order chi connectivity index (χ0) is 25.9. The third-order valence-corrected chi connectivity index (χ3v) is 7.57. The SMILES string of the molecule is COC/C=C/C(=O)N1CCC(N(C)c2nc(OC)nc3c2CCN(c2cccc4cccc(Cl)c24)C3)C1. The lowest BCUT2D eigenvalue weighted by atomic mass is 10.0. The standard InChI is InChI=1S/C28H32ClN5O3/c1-32(20-12-14-34(17-20)25(35)11-6-16-36-2)27-21-13-15-33(18-23(21)30-28(31-27)37-3)24-10-5-8-19-7-4-9-22(29)26(19)24/h4-11,20H,12-18H2,1-3H3/b11-6+. The predicted octanol–water partition coefficient (Wildman–Crippen LogP) is 4.09. The van der Waals surface area contributed by atoms with Crippen LogP contribution in [-0.2, 0) is 22.5 Å². The van der Waals surface area contributed by atoms with E-state index < -0.39 is 0 Å². The van der Waals surface area contributed by atoms with E-state index in [0.29, 0.717) is 32.3 Å². The van der Waals surface area contributed by atoms with Gasteiger partial charge in [0.25, 0.3) is 0 Å². The van der Waals surface area contributed by atoms with Crippen LogP contribution < -0.4 is 14.5 Å². The van der Waals surface area contributed by atoms with Crippen LogP contribution in [0.5, 0.6) is 6.01 Å². The van der Waals surface area contributed by atoms with Gasteiger partial charge in [0.05, 0.1) is 31.0 Å². The van der Waals surface area contributed by atoms with E-state index >= 15 is 0 Å². The van der Waals surface area contributed by atoms with Gasteiger partial charge in [0, 0.05) is 62.5 Å². The molecule has 1 amide bonds. The molecule has 1 fully saturated rings. The first-order valence-corrected chi connectivity index (χ1v) is 12.9. The number of ether oxygens (including phenoxy) is 2. The van der Waals surface area contributed by atoms with E-state index in [-0.39, 0.29) is 11.9 Å². The number of hydrogen-bond acceptors (Lipinski definition) is 7. The number of carbonyl (C=O) groups excluding carboxylic acids is 1. The number of benzene rings is 2. The van der Waals surface area contributed by atoms with Crippen LogP contribution in [0.2, 0.25) is 5.02 Å². The summed E-state index contributed by atoms with van der Waals surface area (Å²) < 4.78 is 10.5. The van der Waals surface area contributed by atoms with Gasteiger partial charge in [-0.1, -0.05) is 41.9 Å². The fraction of sp³-hybridized carbons (Fsp3) is 0.393. The third kappa shape index (κ3) is 5.08. The molecule has 8 nitrogen and oxygen atoms in total. The normalized spacial score (nSPS) is 17.5. The molecular weight excluding hydrogens is 490 g/mol. The topological polar surface area (TPSA) is 71.0 Å². The van der Waals surface area contributed by atoms with Gasteiger partial charge < -0.3 is 24.2 Å². The molecule has 2 aliphatic rings. The molecule has 2 aromatic carbocycles. The lowest BCUT2D eigenvalue weighted by Crippen LogP contribution is -2.39. The molecule has 37 heavy (non-hydrogen) atoms. The van der Waals surface area contributed by atoms with E-state index in [9.17, 15) is 4.79 Å². The second kappa shape index (κ2) is 10.9. The minimum absolute atomic E-state index is 0.0136. The Balaban J connectivity index is 1.40. The molecule has 1 aromatic heterocycles. The number of halogens is 1. The van der Waals surface area contributed by atoms with Crippen molar-refractivity contribution < 1.29 is 14.3 Å².